The third-order valence-corrected chi connectivity index (χ3v) is 3.28. The highest BCUT2D eigenvalue weighted by Gasteiger charge is 2.24. The molecule has 2 aromatic rings. The number of aliphatic hydroxyl groups excluding tert-OH is 1. The topological polar surface area (TPSA) is 97.4 Å². The minimum Gasteiger partial charge on any atom is -0.396 e. The molecule has 0 amide bonds. The van der Waals surface area contributed by atoms with Crippen molar-refractivity contribution in [3.05, 3.63) is 44.7 Å². The number of para-hydroxylation sites is 1. The molecule has 2 N–H and O–H groups in total. The van der Waals surface area contributed by atoms with E-state index in [-0.39, 0.29) is 12.3 Å². The van der Waals surface area contributed by atoms with E-state index in [2.05, 4.69) is 5.32 Å². The van der Waals surface area contributed by atoms with E-state index in [1.165, 1.54) is 4.57 Å². The van der Waals surface area contributed by atoms with E-state index in [0.29, 0.717) is 30.4 Å². The van der Waals surface area contributed by atoms with E-state index in [1.54, 1.807) is 31.2 Å². The lowest BCUT2D eigenvalue weighted by Crippen LogP contribution is -2.24. The summed E-state index contributed by atoms with van der Waals surface area (Å²) < 4.78 is 1.39. The van der Waals surface area contributed by atoms with Crippen molar-refractivity contribution in [2.75, 3.05) is 18.5 Å². The molecule has 0 spiro atoms. The number of anilines is 1. The molecule has 0 aliphatic carbocycles. The van der Waals surface area contributed by atoms with Crippen LogP contribution in [-0.4, -0.2) is 27.7 Å². The van der Waals surface area contributed by atoms with Crippen molar-refractivity contribution >= 4 is 22.3 Å². The van der Waals surface area contributed by atoms with Crippen LogP contribution in [-0.2, 0) is 6.54 Å². The van der Waals surface area contributed by atoms with Crippen LogP contribution in [0.25, 0.3) is 10.9 Å². The monoisotopic (exact) mass is 291 g/mol. The van der Waals surface area contributed by atoms with E-state index in [4.69, 9.17) is 5.11 Å². The van der Waals surface area contributed by atoms with Crippen molar-refractivity contribution in [1.82, 2.24) is 4.57 Å². The van der Waals surface area contributed by atoms with Crippen LogP contribution >= 0.6 is 0 Å². The van der Waals surface area contributed by atoms with Crippen LogP contribution in [0.2, 0.25) is 0 Å². The van der Waals surface area contributed by atoms with E-state index >= 15 is 0 Å². The van der Waals surface area contributed by atoms with Gasteiger partial charge in [0.05, 0.1) is 10.4 Å². The molecule has 0 bridgehead atoms. The second kappa shape index (κ2) is 6.36. The second-order valence-corrected chi connectivity index (χ2v) is 4.55. The van der Waals surface area contributed by atoms with Gasteiger partial charge in [0.25, 0.3) is 0 Å². The Kier molecular flexibility index (Phi) is 4.54. The lowest BCUT2D eigenvalue weighted by molar-refractivity contribution is -0.385. The Labute approximate surface area is 121 Å². The summed E-state index contributed by atoms with van der Waals surface area (Å²) in [5, 5.41) is 23.7. The first-order valence-corrected chi connectivity index (χ1v) is 6.76. The lowest BCUT2D eigenvalue weighted by atomic mass is 10.1. The summed E-state index contributed by atoms with van der Waals surface area (Å²) >= 11 is 0. The normalized spacial score (nSPS) is 10.8. The molecule has 0 saturated carbocycles. The summed E-state index contributed by atoms with van der Waals surface area (Å²) in [7, 11) is 0. The number of aryl methyl sites for hydroxylation is 1. The Hall–Kier alpha value is -2.41. The molecule has 7 nitrogen and oxygen atoms in total. The maximum absolute atomic E-state index is 12.3. The number of fused-ring (bicyclic) bond motifs is 1. The maximum Gasteiger partial charge on any atom is 0.357 e. The summed E-state index contributed by atoms with van der Waals surface area (Å²) in [4.78, 5) is 23.0. The average molecular weight is 291 g/mol. The molecule has 1 heterocycles. The number of aromatic nitrogens is 1. The van der Waals surface area contributed by atoms with Gasteiger partial charge in [-0.1, -0.05) is 18.2 Å². The minimum absolute atomic E-state index is 0.0231. The molecule has 0 saturated heterocycles. The second-order valence-electron chi connectivity index (χ2n) is 4.55. The molecule has 21 heavy (non-hydrogen) atoms. The molecular weight excluding hydrogens is 274 g/mol. The van der Waals surface area contributed by atoms with Crippen molar-refractivity contribution in [3.8, 4) is 0 Å². The van der Waals surface area contributed by atoms with Crippen LogP contribution in [0.5, 0.6) is 0 Å². The minimum atomic E-state index is -0.651. The van der Waals surface area contributed by atoms with Crippen LogP contribution < -0.4 is 10.9 Å². The van der Waals surface area contributed by atoms with Gasteiger partial charge in [0.15, 0.2) is 0 Å². The zero-order valence-electron chi connectivity index (χ0n) is 11.7. The Morgan fingerprint density at radius 2 is 2.10 bits per heavy atom. The van der Waals surface area contributed by atoms with Crippen molar-refractivity contribution < 1.29 is 10.0 Å². The van der Waals surface area contributed by atoms with Gasteiger partial charge in [0, 0.05) is 25.1 Å². The van der Waals surface area contributed by atoms with Gasteiger partial charge in [-0.25, -0.2) is 0 Å². The number of benzene rings is 1. The number of nitrogens with one attached hydrogen (secondary N) is 1. The quantitative estimate of drug-likeness (QED) is 0.480. The number of nitro groups is 1. The molecule has 0 atom stereocenters. The van der Waals surface area contributed by atoms with E-state index in [1.807, 2.05) is 0 Å². The molecule has 2 rings (SSSR count). The molecule has 0 aliphatic rings. The Balaban J connectivity index is 2.76. The third kappa shape index (κ3) is 2.73. The van der Waals surface area contributed by atoms with Gasteiger partial charge in [0.1, 0.15) is 5.69 Å². The van der Waals surface area contributed by atoms with Crippen molar-refractivity contribution in [2.24, 2.45) is 0 Å². The molecule has 1 aromatic carbocycles. The lowest BCUT2D eigenvalue weighted by Gasteiger charge is -2.13. The molecule has 112 valence electrons. The molecule has 0 fully saturated rings. The van der Waals surface area contributed by atoms with Crippen LogP contribution in [0, 0.1) is 10.1 Å². The zero-order chi connectivity index (χ0) is 15.4. The molecule has 0 unspecified atom stereocenters. The summed E-state index contributed by atoms with van der Waals surface area (Å²) in [5.74, 6) is 0. The first-order valence-electron chi connectivity index (χ1n) is 6.76. The van der Waals surface area contributed by atoms with Crippen molar-refractivity contribution in [2.45, 2.75) is 19.9 Å². The fourth-order valence-corrected chi connectivity index (χ4v) is 2.35. The van der Waals surface area contributed by atoms with Gasteiger partial charge in [-0.2, -0.15) is 0 Å². The standard InChI is InChI=1S/C14H17N3O4/c1-2-16-11-7-4-3-6-10(11)12(15-8-5-9-18)13(14(16)19)17(20)21/h3-4,6-7,15,18H,2,5,8-9H2,1H3. The number of pyridine rings is 1. The van der Waals surface area contributed by atoms with E-state index in [9.17, 15) is 14.9 Å². The smallest absolute Gasteiger partial charge is 0.357 e. The number of nitrogens with zero attached hydrogens (tertiary/aromatic N) is 2. The Morgan fingerprint density at radius 3 is 2.71 bits per heavy atom. The Bertz CT molecular complexity index is 724. The number of rotatable bonds is 6. The number of hydrogen-bond acceptors (Lipinski definition) is 5. The maximum atomic E-state index is 12.3. The predicted octanol–water partition coefficient (Wildman–Crippen LogP) is 1.72. The summed E-state index contributed by atoms with van der Waals surface area (Å²) in [6, 6.07) is 7.07. The van der Waals surface area contributed by atoms with Gasteiger partial charge in [-0.15, -0.1) is 0 Å². The number of aliphatic hydroxyl groups is 1. The first kappa shape index (κ1) is 15.0. The highest BCUT2D eigenvalue weighted by atomic mass is 16.6. The van der Waals surface area contributed by atoms with Gasteiger partial charge >= 0.3 is 11.2 Å². The van der Waals surface area contributed by atoms with Crippen LogP contribution in [0.4, 0.5) is 11.4 Å². The number of hydrogen-bond donors (Lipinski definition) is 2. The molecule has 7 heteroatoms. The van der Waals surface area contributed by atoms with Gasteiger partial charge in [0.2, 0.25) is 0 Å². The van der Waals surface area contributed by atoms with Crippen LogP contribution in [0.1, 0.15) is 13.3 Å². The highest BCUT2D eigenvalue weighted by molar-refractivity contribution is 5.96. The van der Waals surface area contributed by atoms with Crippen LogP contribution in [0.15, 0.2) is 29.1 Å². The van der Waals surface area contributed by atoms with Crippen molar-refractivity contribution in [1.29, 1.82) is 0 Å². The van der Waals surface area contributed by atoms with Crippen molar-refractivity contribution in [3.63, 3.8) is 0 Å². The third-order valence-electron chi connectivity index (χ3n) is 3.28. The van der Waals surface area contributed by atoms with E-state index in [0.717, 1.165) is 0 Å². The highest BCUT2D eigenvalue weighted by Crippen LogP contribution is 2.29. The fraction of sp³-hybridized carbons (Fsp3) is 0.357. The van der Waals surface area contributed by atoms with Crippen LogP contribution in [0.3, 0.4) is 0 Å². The SMILES string of the molecule is CCn1c(=O)c([N+](=O)[O-])c(NCCCO)c2ccccc21. The first-order chi connectivity index (χ1) is 10.1. The van der Waals surface area contributed by atoms with Gasteiger partial charge in [-0.05, 0) is 19.4 Å². The summed E-state index contributed by atoms with van der Waals surface area (Å²) in [6.45, 7) is 2.47. The fourth-order valence-electron chi connectivity index (χ4n) is 2.35. The Morgan fingerprint density at radius 1 is 1.38 bits per heavy atom. The summed E-state index contributed by atoms with van der Waals surface area (Å²) in [6.07, 6.45) is 0.447. The largest absolute Gasteiger partial charge is 0.396 e. The zero-order valence-corrected chi connectivity index (χ0v) is 11.7. The molecule has 1 aromatic heterocycles. The van der Waals surface area contributed by atoms with Gasteiger partial charge in [-0.3, -0.25) is 14.9 Å². The predicted molar refractivity (Wildman–Crippen MR) is 80.7 cm³/mol. The van der Waals surface area contributed by atoms with E-state index < -0.39 is 16.2 Å². The average Bonchev–Trinajstić information content (AvgIpc) is 2.47. The molecule has 0 radical (unpaired) electrons. The summed E-state index contributed by atoms with van der Waals surface area (Å²) in [5.41, 5.74) is -0.193. The molecule has 0 aliphatic heterocycles. The molecular formula is C14H17N3O4. The van der Waals surface area contributed by atoms with Gasteiger partial charge < -0.3 is 15.0 Å².